The van der Waals surface area contributed by atoms with Gasteiger partial charge in [-0.25, -0.2) is 0 Å². The molecule has 0 radical (unpaired) electrons. The number of rotatable bonds is 6. The van der Waals surface area contributed by atoms with Crippen LogP contribution >= 0.6 is 0 Å². The zero-order valence-corrected chi connectivity index (χ0v) is 15.7. The molecule has 0 spiro atoms. The summed E-state index contributed by atoms with van der Waals surface area (Å²) < 4.78 is 69.9. The molecule has 0 saturated carbocycles. The number of benzene rings is 1. The summed E-state index contributed by atoms with van der Waals surface area (Å²) in [6.07, 6.45) is 1.08. The van der Waals surface area contributed by atoms with Crippen molar-refractivity contribution in [3.63, 3.8) is 0 Å². The van der Waals surface area contributed by atoms with E-state index in [2.05, 4.69) is 9.50 Å². The van der Waals surface area contributed by atoms with E-state index < -0.39 is 43.6 Å². The first-order chi connectivity index (χ1) is 13.9. The summed E-state index contributed by atoms with van der Waals surface area (Å²) in [7, 11) is -6.16. The summed E-state index contributed by atoms with van der Waals surface area (Å²) in [4.78, 5) is 10.1. The van der Waals surface area contributed by atoms with Gasteiger partial charge in [-0.05, 0) is 30.7 Å². The lowest BCUT2D eigenvalue weighted by Crippen LogP contribution is -2.31. The number of hydrogen-bond donors (Lipinski definition) is 2. The number of nitro groups is 1. The van der Waals surface area contributed by atoms with Crippen LogP contribution in [-0.2, 0) is 19.0 Å². The van der Waals surface area contributed by atoms with Gasteiger partial charge >= 0.3 is 21.6 Å². The molecule has 0 unspecified atom stereocenters. The number of aliphatic hydroxyl groups is 1. The Morgan fingerprint density at radius 3 is 2.40 bits per heavy atom. The monoisotopic (exact) mass is 447 g/mol. The van der Waals surface area contributed by atoms with E-state index in [0.29, 0.717) is 0 Å². The lowest BCUT2D eigenvalue weighted by molar-refractivity contribution is -0.384. The second-order valence-corrected chi connectivity index (χ2v) is 6.98. The van der Waals surface area contributed by atoms with Gasteiger partial charge in [-0.1, -0.05) is 0 Å². The van der Waals surface area contributed by atoms with Crippen molar-refractivity contribution >= 4 is 21.4 Å². The maximum absolute atomic E-state index is 12.7. The van der Waals surface area contributed by atoms with Crippen LogP contribution in [0.25, 0.3) is 5.57 Å². The molecule has 1 heterocycles. The van der Waals surface area contributed by atoms with E-state index in [0.717, 1.165) is 18.2 Å². The molecule has 30 heavy (non-hydrogen) atoms. The molecule has 0 aromatic heterocycles. The van der Waals surface area contributed by atoms with Crippen LogP contribution in [0.3, 0.4) is 0 Å². The third kappa shape index (κ3) is 4.63. The summed E-state index contributed by atoms with van der Waals surface area (Å²) in [5.74, 6) is -1.95. The highest BCUT2D eigenvalue weighted by Gasteiger charge is 2.49. The topological polar surface area (TPSA) is 152 Å². The van der Waals surface area contributed by atoms with E-state index in [9.17, 15) is 42.1 Å². The van der Waals surface area contributed by atoms with E-state index in [1.165, 1.54) is 25.1 Å². The maximum atomic E-state index is 12.7. The van der Waals surface area contributed by atoms with Crippen molar-refractivity contribution in [1.29, 1.82) is 5.26 Å². The van der Waals surface area contributed by atoms with Gasteiger partial charge in [0.05, 0.1) is 11.5 Å². The third-order valence-corrected chi connectivity index (χ3v) is 4.48. The number of nitriles is 1. The van der Waals surface area contributed by atoms with Gasteiger partial charge in [0.1, 0.15) is 17.3 Å². The molecule has 14 heteroatoms. The van der Waals surface area contributed by atoms with Crippen molar-refractivity contribution in [1.82, 2.24) is 5.32 Å². The predicted octanol–water partition coefficient (Wildman–Crippen LogP) is 2.95. The number of aliphatic hydroxyl groups excluding tert-OH is 1. The van der Waals surface area contributed by atoms with Gasteiger partial charge in [-0.2, -0.15) is 26.9 Å². The number of hydrogen-bond acceptors (Lipinski definition) is 9. The van der Waals surface area contributed by atoms with E-state index in [1.807, 2.05) is 0 Å². The van der Waals surface area contributed by atoms with Crippen molar-refractivity contribution in [2.24, 2.45) is 0 Å². The predicted molar refractivity (Wildman–Crippen MR) is 94.2 cm³/mol. The van der Waals surface area contributed by atoms with Crippen LogP contribution in [0.5, 0.6) is 0 Å². The molecular weight excluding hydrogens is 435 g/mol. The summed E-state index contributed by atoms with van der Waals surface area (Å²) in [5.41, 5.74) is -7.25. The van der Waals surface area contributed by atoms with Crippen molar-refractivity contribution in [2.75, 3.05) is 6.61 Å². The summed E-state index contributed by atoms with van der Waals surface area (Å²) in [6.45, 7) is 1.44. The Bertz CT molecular complexity index is 1100. The van der Waals surface area contributed by atoms with Crippen LogP contribution in [0.2, 0.25) is 0 Å². The van der Waals surface area contributed by atoms with Crippen LogP contribution < -0.4 is 5.32 Å². The first-order valence-corrected chi connectivity index (χ1v) is 9.27. The van der Waals surface area contributed by atoms with Gasteiger partial charge in [-0.3, -0.25) is 10.1 Å². The quantitative estimate of drug-likeness (QED) is 0.220. The normalized spacial score (nSPS) is 16.2. The molecule has 1 aromatic rings. The lowest BCUT2D eigenvalue weighted by atomic mass is 9.95. The van der Waals surface area contributed by atoms with E-state index in [1.54, 1.807) is 0 Å². The van der Waals surface area contributed by atoms with Crippen molar-refractivity contribution in [3.8, 4) is 6.07 Å². The standard InChI is InChI=1S/C16H12F3N3O7S/c1-2-28-15(23)13-7-11(9-3-5-10(6-4-9)22(24)25)12(8-20)14(21-13)29-30(26,27)16(17,18)19/h3-7,21,23H,2H2,1H3. The van der Waals surface area contributed by atoms with Gasteiger partial charge < -0.3 is 19.3 Å². The average Bonchev–Trinajstić information content (AvgIpc) is 2.66. The Morgan fingerprint density at radius 1 is 1.33 bits per heavy atom. The third-order valence-electron chi connectivity index (χ3n) is 3.52. The number of halogens is 3. The summed E-state index contributed by atoms with van der Waals surface area (Å²) in [6, 6.07) is 6.00. The van der Waals surface area contributed by atoms with Crippen LogP contribution in [-0.4, -0.2) is 30.6 Å². The molecule has 1 aromatic carbocycles. The van der Waals surface area contributed by atoms with E-state index in [4.69, 9.17) is 4.74 Å². The molecule has 2 N–H and O–H groups in total. The Hall–Kier alpha value is -3.73. The number of allylic oxidation sites excluding steroid dienone is 3. The van der Waals surface area contributed by atoms with Crippen molar-refractivity contribution in [2.45, 2.75) is 12.4 Å². The lowest BCUT2D eigenvalue weighted by Gasteiger charge is -2.22. The van der Waals surface area contributed by atoms with Crippen molar-refractivity contribution < 1.29 is 40.5 Å². The zero-order chi connectivity index (χ0) is 22.7. The Labute approximate surface area is 167 Å². The fourth-order valence-electron chi connectivity index (χ4n) is 2.21. The largest absolute Gasteiger partial charge is 0.534 e. The van der Waals surface area contributed by atoms with Gasteiger partial charge in [-0.15, -0.1) is 0 Å². The molecule has 0 atom stereocenters. The zero-order valence-electron chi connectivity index (χ0n) is 14.9. The number of nitro benzene ring substituents is 1. The fourth-order valence-corrected chi connectivity index (χ4v) is 2.65. The maximum Gasteiger partial charge on any atom is 0.534 e. The smallest absolute Gasteiger partial charge is 0.479 e. The van der Waals surface area contributed by atoms with Gasteiger partial charge in [0, 0.05) is 17.7 Å². The Balaban J connectivity index is 2.67. The summed E-state index contributed by atoms with van der Waals surface area (Å²) >= 11 is 0. The first-order valence-electron chi connectivity index (χ1n) is 7.86. The molecule has 160 valence electrons. The Kier molecular flexibility index (Phi) is 6.26. The number of nitrogens with one attached hydrogen (secondary N) is 1. The highest BCUT2D eigenvalue weighted by Crippen LogP contribution is 2.34. The molecular formula is C16H12F3N3O7S. The molecule has 0 aliphatic carbocycles. The second-order valence-electron chi connectivity index (χ2n) is 5.44. The van der Waals surface area contributed by atoms with Crippen LogP contribution in [0.1, 0.15) is 12.5 Å². The van der Waals surface area contributed by atoms with Crippen LogP contribution in [0.4, 0.5) is 18.9 Å². The highest BCUT2D eigenvalue weighted by molar-refractivity contribution is 7.87. The second kappa shape index (κ2) is 8.33. The average molecular weight is 447 g/mol. The number of nitrogens with zero attached hydrogens (tertiary/aromatic N) is 2. The van der Waals surface area contributed by atoms with Crippen LogP contribution in [0.15, 0.2) is 53.4 Å². The number of dihydropyridines is 1. The minimum atomic E-state index is -6.16. The molecule has 0 fully saturated rings. The molecule has 1 aliphatic heterocycles. The molecule has 0 saturated heterocycles. The van der Waals surface area contributed by atoms with Crippen LogP contribution in [0, 0.1) is 21.4 Å². The minimum absolute atomic E-state index is 0.0520. The molecule has 2 rings (SSSR count). The summed E-state index contributed by atoms with van der Waals surface area (Å²) in [5, 5.41) is 32.2. The molecule has 10 nitrogen and oxygen atoms in total. The van der Waals surface area contributed by atoms with E-state index in [-0.39, 0.29) is 23.4 Å². The Morgan fingerprint density at radius 2 is 1.93 bits per heavy atom. The number of non-ortho nitro benzene ring substituents is 1. The van der Waals surface area contributed by atoms with Gasteiger partial charge in [0.15, 0.2) is 0 Å². The number of alkyl halides is 3. The van der Waals surface area contributed by atoms with Gasteiger partial charge in [0.25, 0.3) is 5.69 Å². The fraction of sp³-hybridized carbons (Fsp3) is 0.188. The number of ether oxygens (including phenoxy) is 1. The molecule has 0 amide bonds. The van der Waals surface area contributed by atoms with Gasteiger partial charge in [0.2, 0.25) is 5.88 Å². The first kappa shape index (κ1) is 22.6. The highest BCUT2D eigenvalue weighted by atomic mass is 32.2. The minimum Gasteiger partial charge on any atom is -0.479 e. The van der Waals surface area contributed by atoms with Crippen molar-refractivity contribution in [3.05, 3.63) is 69.1 Å². The molecule has 1 aliphatic rings. The van der Waals surface area contributed by atoms with E-state index >= 15 is 0 Å². The molecule has 0 bridgehead atoms. The SMILES string of the molecule is CCOC(O)=C1C=C(c2ccc([N+](=O)[O-])cc2)C(C#N)=C(OS(=O)(=O)C(F)(F)F)N1.